The van der Waals surface area contributed by atoms with Crippen LogP contribution in [0, 0.1) is 20.8 Å². The number of ether oxygens (including phenoxy) is 1. The van der Waals surface area contributed by atoms with Crippen LogP contribution in [0.5, 0.6) is 5.75 Å². The quantitative estimate of drug-likeness (QED) is 0.513. The van der Waals surface area contributed by atoms with E-state index in [0.717, 1.165) is 22.4 Å². The van der Waals surface area contributed by atoms with Crippen LogP contribution in [0.3, 0.4) is 0 Å². The number of methoxy groups -OCH3 is 1. The Bertz CT molecular complexity index is 1280. The number of halogens is 1. The van der Waals surface area contributed by atoms with Crippen molar-refractivity contribution in [1.29, 1.82) is 0 Å². The number of hydrogen-bond donors (Lipinski definition) is 1. The van der Waals surface area contributed by atoms with E-state index in [0.29, 0.717) is 22.0 Å². The lowest BCUT2D eigenvalue weighted by Gasteiger charge is -2.18. The Morgan fingerprint density at radius 1 is 0.875 bits per heavy atom. The Balaban J connectivity index is 1.92. The number of rotatable bonds is 5. The Labute approximate surface area is 192 Å². The number of benzene rings is 3. The molecule has 6 heteroatoms. The van der Waals surface area contributed by atoms with E-state index in [1.807, 2.05) is 51.1 Å². The lowest BCUT2D eigenvalue weighted by Crippen LogP contribution is -2.33. The summed E-state index contributed by atoms with van der Waals surface area (Å²) in [6.45, 7) is 5.81. The second-order valence-electron chi connectivity index (χ2n) is 7.70. The maximum absolute atomic E-state index is 13.7. The molecule has 0 atom stereocenters. The van der Waals surface area contributed by atoms with E-state index in [1.165, 1.54) is 12.0 Å². The Kier molecular flexibility index (Phi) is 5.76. The van der Waals surface area contributed by atoms with Gasteiger partial charge in [0.2, 0.25) is 0 Å². The first kappa shape index (κ1) is 21.7. The summed E-state index contributed by atoms with van der Waals surface area (Å²) in [6.07, 6.45) is 0. The third-order valence-electron chi connectivity index (χ3n) is 5.74. The molecule has 0 saturated carbocycles. The Hall–Kier alpha value is -3.57. The summed E-state index contributed by atoms with van der Waals surface area (Å²) in [5.41, 5.74) is 5.06. The number of para-hydroxylation sites is 1. The van der Waals surface area contributed by atoms with Gasteiger partial charge in [-0.3, -0.25) is 9.59 Å². The molecule has 0 spiro atoms. The second kappa shape index (κ2) is 8.52. The van der Waals surface area contributed by atoms with Crippen molar-refractivity contribution in [2.24, 2.45) is 0 Å². The van der Waals surface area contributed by atoms with Gasteiger partial charge >= 0.3 is 0 Å². The number of amides is 2. The Morgan fingerprint density at radius 2 is 1.62 bits per heavy atom. The molecule has 1 aliphatic rings. The smallest absolute Gasteiger partial charge is 0.282 e. The average Bonchev–Trinajstić information content (AvgIpc) is 3.02. The number of aryl methyl sites for hydroxylation is 2. The van der Waals surface area contributed by atoms with E-state index in [2.05, 4.69) is 5.32 Å². The molecule has 3 aromatic carbocycles. The van der Waals surface area contributed by atoms with E-state index in [9.17, 15) is 9.59 Å². The fourth-order valence-electron chi connectivity index (χ4n) is 3.81. The van der Waals surface area contributed by atoms with Gasteiger partial charge in [0.15, 0.2) is 0 Å². The minimum Gasteiger partial charge on any atom is -0.496 e. The van der Waals surface area contributed by atoms with E-state index < -0.39 is 11.8 Å². The maximum Gasteiger partial charge on any atom is 0.282 e. The maximum atomic E-state index is 13.7. The van der Waals surface area contributed by atoms with Crippen LogP contribution in [-0.4, -0.2) is 18.9 Å². The van der Waals surface area contributed by atoms with Crippen LogP contribution in [0.2, 0.25) is 5.02 Å². The summed E-state index contributed by atoms with van der Waals surface area (Å²) in [6, 6.07) is 18.1. The van der Waals surface area contributed by atoms with Crippen molar-refractivity contribution in [3.63, 3.8) is 0 Å². The number of nitrogens with zero attached hydrogens (tertiary/aromatic N) is 1. The molecule has 0 saturated heterocycles. The molecule has 0 aromatic heterocycles. The number of carbonyl (C=O) groups is 2. The Morgan fingerprint density at radius 3 is 2.38 bits per heavy atom. The molecule has 0 aliphatic carbocycles. The molecule has 0 unspecified atom stereocenters. The van der Waals surface area contributed by atoms with Crippen LogP contribution in [0.4, 0.5) is 11.4 Å². The summed E-state index contributed by atoms with van der Waals surface area (Å²) in [5, 5.41) is 3.69. The highest BCUT2D eigenvalue weighted by molar-refractivity contribution is 6.47. The monoisotopic (exact) mass is 446 g/mol. The molecule has 1 heterocycles. The van der Waals surface area contributed by atoms with Crippen molar-refractivity contribution in [1.82, 2.24) is 0 Å². The van der Waals surface area contributed by atoms with E-state index in [4.69, 9.17) is 16.3 Å². The van der Waals surface area contributed by atoms with E-state index >= 15 is 0 Å². The van der Waals surface area contributed by atoms with Gasteiger partial charge in [-0.15, -0.1) is 0 Å². The van der Waals surface area contributed by atoms with Gasteiger partial charge in [0.25, 0.3) is 11.8 Å². The molecule has 32 heavy (non-hydrogen) atoms. The minimum atomic E-state index is -0.442. The zero-order valence-corrected chi connectivity index (χ0v) is 19.1. The first-order chi connectivity index (χ1) is 15.3. The molecule has 3 aromatic rings. The van der Waals surface area contributed by atoms with Gasteiger partial charge in [0.05, 0.1) is 18.4 Å². The van der Waals surface area contributed by atoms with Crippen molar-refractivity contribution >= 4 is 40.4 Å². The van der Waals surface area contributed by atoms with Crippen molar-refractivity contribution in [2.75, 3.05) is 17.3 Å². The van der Waals surface area contributed by atoms with Gasteiger partial charge in [-0.05, 0) is 61.7 Å². The van der Waals surface area contributed by atoms with Gasteiger partial charge in [-0.25, -0.2) is 4.90 Å². The lowest BCUT2D eigenvalue weighted by atomic mass is 10.0. The highest BCUT2D eigenvalue weighted by atomic mass is 35.5. The van der Waals surface area contributed by atoms with Crippen molar-refractivity contribution in [2.45, 2.75) is 20.8 Å². The van der Waals surface area contributed by atoms with Crippen molar-refractivity contribution in [3.8, 4) is 5.75 Å². The SMILES string of the molecule is COc1ccccc1C1=C(Nc2cccc(C)c2C)C(=O)N(c2cc(Cl)ccc2C)C1=O. The highest BCUT2D eigenvalue weighted by Gasteiger charge is 2.42. The minimum absolute atomic E-state index is 0.201. The van der Waals surface area contributed by atoms with E-state index in [1.54, 1.807) is 30.3 Å². The van der Waals surface area contributed by atoms with Crippen molar-refractivity contribution < 1.29 is 14.3 Å². The molecule has 1 aliphatic heterocycles. The van der Waals surface area contributed by atoms with Gasteiger partial charge in [0.1, 0.15) is 11.4 Å². The third kappa shape index (κ3) is 3.65. The molecule has 1 N–H and O–H groups in total. The zero-order valence-electron chi connectivity index (χ0n) is 18.3. The normalized spacial score (nSPS) is 13.7. The summed E-state index contributed by atoms with van der Waals surface area (Å²) < 4.78 is 5.50. The average molecular weight is 447 g/mol. The first-order valence-electron chi connectivity index (χ1n) is 10.2. The fourth-order valence-corrected chi connectivity index (χ4v) is 3.98. The largest absolute Gasteiger partial charge is 0.496 e. The molecule has 4 rings (SSSR count). The summed E-state index contributed by atoms with van der Waals surface area (Å²) >= 11 is 6.20. The predicted molar refractivity (Wildman–Crippen MR) is 128 cm³/mol. The first-order valence-corrected chi connectivity index (χ1v) is 10.6. The predicted octanol–water partition coefficient (Wildman–Crippen LogP) is 5.67. The van der Waals surface area contributed by atoms with Gasteiger partial charge < -0.3 is 10.1 Å². The second-order valence-corrected chi connectivity index (χ2v) is 8.14. The van der Waals surface area contributed by atoms with Crippen molar-refractivity contribution in [3.05, 3.63) is 93.6 Å². The summed E-state index contributed by atoms with van der Waals surface area (Å²) in [4.78, 5) is 28.6. The third-order valence-corrected chi connectivity index (χ3v) is 5.97. The molecular weight excluding hydrogens is 424 g/mol. The molecular formula is C26H23ClN2O3. The molecule has 0 radical (unpaired) electrons. The molecule has 0 bridgehead atoms. The number of nitrogens with one attached hydrogen (secondary N) is 1. The topological polar surface area (TPSA) is 58.6 Å². The van der Waals surface area contributed by atoms with Gasteiger partial charge in [-0.2, -0.15) is 0 Å². The van der Waals surface area contributed by atoms with Crippen LogP contribution < -0.4 is 15.0 Å². The molecule has 2 amide bonds. The summed E-state index contributed by atoms with van der Waals surface area (Å²) in [7, 11) is 1.54. The van der Waals surface area contributed by atoms with Crippen LogP contribution in [0.25, 0.3) is 5.57 Å². The fraction of sp³-hybridized carbons (Fsp3) is 0.154. The molecule has 5 nitrogen and oxygen atoms in total. The number of anilines is 2. The number of hydrogen-bond acceptors (Lipinski definition) is 4. The number of imide groups is 1. The lowest BCUT2D eigenvalue weighted by molar-refractivity contribution is -0.120. The highest BCUT2D eigenvalue weighted by Crippen LogP contribution is 2.39. The molecule has 162 valence electrons. The van der Waals surface area contributed by atoms with Gasteiger partial charge in [0, 0.05) is 16.3 Å². The van der Waals surface area contributed by atoms with Crippen LogP contribution in [0.1, 0.15) is 22.3 Å². The van der Waals surface area contributed by atoms with Gasteiger partial charge in [-0.1, -0.05) is 48.0 Å². The zero-order chi connectivity index (χ0) is 23.0. The number of carbonyl (C=O) groups excluding carboxylic acids is 2. The molecule has 0 fully saturated rings. The van der Waals surface area contributed by atoms with E-state index in [-0.39, 0.29) is 11.3 Å². The van der Waals surface area contributed by atoms with Crippen LogP contribution in [-0.2, 0) is 9.59 Å². The van der Waals surface area contributed by atoms with Crippen LogP contribution in [0.15, 0.2) is 66.4 Å². The standard InChI is InChI=1S/C26H23ClN2O3/c1-15-8-7-10-20(17(15)3)28-24-23(19-9-5-6-11-22(19)32-4)25(30)29(26(24)31)21-14-18(27)13-12-16(21)2/h5-14,28H,1-4H3. The van der Waals surface area contributed by atoms with Crippen LogP contribution >= 0.6 is 11.6 Å². The summed E-state index contributed by atoms with van der Waals surface area (Å²) in [5.74, 6) is -0.367.